The zero-order valence-electron chi connectivity index (χ0n) is 24.0. The molecule has 0 fully saturated rings. The molecule has 0 spiro atoms. The fourth-order valence-corrected chi connectivity index (χ4v) is 5.36. The van der Waals surface area contributed by atoms with E-state index < -0.39 is 6.03 Å². The molecule has 3 N–H and O–H groups in total. The highest BCUT2D eigenvalue weighted by atomic mass is 16.2. The Hall–Kier alpha value is -5.21. The van der Waals surface area contributed by atoms with Crippen LogP contribution in [-0.4, -0.2) is 44.8 Å². The van der Waals surface area contributed by atoms with Crippen LogP contribution in [0.4, 0.5) is 16.2 Å². The molecule has 42 heavy (non-hydrogen) atoms. The van der Waals surface area contributed by atoms with Crippen molar-refractivity contribution in [3.63, 3.8) is 0 Å². The molecule has 6 rings (SSSR count). The number of aryl methyl sites for hydroxylation is 1. The molecule has 0 saturated carbocycles. The molecule has 0 saturated heterocycles. The van der Waals surface area contributed by atoms with Crippen LogP contribution in [0.25, 0.3) is 44.7 Å². The molecule has 6 aromatic rings. The number of fused-ring (bicyclic) bond motifs is 1. The van der Waals surface area contributed by atoms with Gasteiger partial charge in [-0.2, -0.15) is 5.10 Å². The number of primary amides is 1. The van der Waals surface area contributed by atoms with Gasteiger partial charge in [-0.1, -0.05) is 48.5 Å². The molecule has 8 heteroatoms. The number of nitrogens with one attached hydrogen (secondary N) is 1. The number of aromatic nitrogens is 4. The van der Waals surface area contributed by atoms with E-state index in [2.05, 4.69) is 72.4 Å². The number of hydrogen-bond donors (Lipinski definition) is 2. The van der Waals surface area contributed by atoms with E-state index >= 15 is 0 Å². The van der Waals surface area contributed by atoms with Crippen LogP contribution in [0, 0.1) is 0 Å². The first-order chi connectivity index (χ1) is 20.4. The van der Waals surface area contributed by atoms with E-state index in [9.17, 15) is 4.79 Å². The van der Waals surface area contributed by atoms with E-state index in [4.69, 9.17) is 10.8 Å². The monoisotopic (exact) mass is 555 g/mol. The second-order valence-electron chi connectivity index (χ2n) is 10.5. The van der Waals surface area contributed by atoms with Crippen LogP contribution >= 0.6 is 0 Å². The Labute approximate surface area is 245 Å². The lowest BCUT2D eigenvalue weighted by Gasteiger charge is -2.20. The second-order valence-corrected chi connectivity index (χ2v) is 10.5. The number of carbonyl (C=O) groups excluding carboxylic acids is 1. The van der Waals surface area contributed by atoms with Gasteiger partial charge in [-0.05, 0) is 80.2 Å². The van der Waals surface area contributed by atoms with Gasteiger partial charge in [0, 0.05) is 47.7 Å². The van der Waals surface area contributed by atoms with Crippen LogP contribution in [0.3, 0.4) is 0 Å². The van der Waals surface area contributed by atoms with Gasteiger partial charge < -0.3 is 15.6 Å². The number of anilines is 2. The van der Waals surface area contributed by atoms with E-state index in [1.165, 1.54) is 10.5 Å². The minimum atomic E-state index is -0.542. The zero-order valence-corrected chi connectivity index (χ0v) is 24.0. The average molecular weight is 556 g/mol. The van der Waals surface area contributed by atoms with E-state index in [-0.39, 0.29) is 0 Å². The molecule has 0 unspecified atom stereocenters. The summed E-state index contributed by atoms with van der Waals surface area (Å²) in [6.45, 7) is 3.68. The van der Waals surface area contributed by atoms with Crippen LogP contribution < -0.4 is 10.6 Å². The zero-order chi connectivity index (χ0) is 29.2. The second kappa shape index (κ2) is 11.3. The Balaban J connectivity index is 1.40. The number of amides is 2. The minimum Gasteiger partial charge on any atom is -0.351 e. The molecule has 0 atom stereocenters. The quantitative estimate of drug-likeness (QED) is 0.210. The third-order valence-corrected chi connectivity index (χ3v) is 7.28. The van der Waals surface area contributed by atoms with Crippen molar-refractivity contribution in [1.82, 2.24) is 24.6 Å². The summed E-state index contributed by atoms with van der Waals surface area (Å²) in [5.41, 5.74) is 15.2. The van der Waals surface area contributed by atoms with Gasteiger partial charge in [-0.25, -0.2) is 9.78 Å². The summed E-state index contributed by atoms with van der Waals surface area (Å²) < 4.78 is 1.95. The van der Waals surface area contributed by atoms with Crippen molar-refractivity contribution in [2.75, 3.05) is 19.0 Å². The number of carbonyl (C=O) groups is 1. The molecular weight excluding hydrogens is 522 g/mol. The number of hydrogen-bond acceptors (Lipinski definition) is 4. The highest BCUT2D eigenvalue weighted by molar-refractivity contribution is 6.00. The first-order valence-electron chi connectivity index (χ1n) is 14.0. The minimum absolute atomic E-state index is 0.542. The number of nitrogens with two attached hydrogens (primary N) is 1. The van der Waals surface area contributed by atoms with Crippen LogP contribution in [0.1, 0.15) is 12.5 Å². The number of nitrogens with zero attached hydrogens (tertiary/aromatic N) is 5. The summed E-state index contributed by atoms with van der Waals surface area (Å²) in [5, 5.41) is 5.96. The largest absolute Gasteiger partial charge is 0.351 e. The maximum absolute atomic E-state index is 12.4. The number of para-hydroxylation sites is 1. The summed E-state index contributed by atoms with van der Waals surface area (Å²) >= 11 is 0. The predicted molar refractivity (Wildman–Crippen MR) is 169 cm³/mol. The molecule has 3 heterocycles. The highest BCUT2D eigenvalue weighted by Gasteiger charge is 2.19. The molecule has 2 amide bonds. The van der Waals surface area contributed by atoms with Crippen molar-refractivity contribution < 1.29 is 4.79 Å². The lowest BCUT2D eigenvalue weighted by molar-refractivity contribution is 0.256. The van der Waals surface area contributed by atoms with Gasteiger partial charge in [0.05, 0.1) is 11.4 Å². The first kappa shape index (κ1) is 27.0. The number of aromatic amines is 1. The molecule has 3 aromatic heterocycles. The highest BCUT2D eigenvalue weighted by Crippen LogP contribution is 2.37. The predicted octanol–water partition coefficient (Wildman–Crippen LogP) is 7.06. The Kier molecular flexibility index (Phi) is 7.29. The Morgan fingerprint density at radius 2 is 1.64 bits per heavy atom. The maximum Gasteiger partial charge on any atom is 0.323 e. The standard InChI is InChI=1S/C34H33N7O/c1-4-40-22-30(32(38-40)24-13-15-27(16-14-24)41(34(35)42)26-11-6-5-7-12-26)28-17-18-36-33-29(28)20-31(37-33)25-10-8-9-23(19-25)21-39(2)3/h5-20,22H,4,21H2,1-3H3,(H2,35,42)(H,36,37). The fraction of sp³-hybridized carbons (Fsp3) is 0.147. The number of H-pyrrole nitrogens is 1. The summed E-state index contributed by atoms with van der Waals surface area (Å²) in [7, 11) is 4.15. The summed E-state index contributed by atoms with van der Waals surface area (Å²) in [6.07, 6.45) is 3.92. The van der Waals surface area contributed by atoms with Crippen molar-refractivity contribution >= 4 is 28.4 Å². The molecule has 0 aliphatic heterocycles. The molecule has 0 bridgehead atoms. The summed E-state index contributed by atoms with van der Waals surface area (Å²) in [4.78, 5) is 24.2. The van der Waals surface area contributed by atoms with Gasteiger partial charge in [0.2, 0.25) is 0 Å². The Bertz CT molecular complexity index is 1850. The first-order valence-corrected chi connectivity index (χ1v) is 14.0. The molecular formula is C34H33N7O. The lowest BCUT2D eigenvalue weighted by Crippen LogP contribution is -2.31. The van der Waals surface area contributed by atoms with Gasteiger partial charge in [0.1, 0.15) is 11.3 Å². The summed E-state index contributed by atoms with van der Waals surface area (Å²) in [5.74, 6) is 0. The molecule has 0 aliphatic carbocycles. The normalized spacial score (nSPS) is 11.3. The molecule has 0 radical (unpaired) electrons. The lowest BCUT2D eigenvalue weighted by atomic mass is 9.99. The Morgan fingerprint density at radius 3 is 2.36 bits per heavy atom. The van der Waals surface area contributed by atoms with Gasteiger partial charge in [-0.15, -0.1) is 0 Å². The number of rotatable bonds is 8. The van der Waals surface area contributed by atoms with Gasteiger partial charge in [0.15, 0.2) is 0 Å². The van der Waals surface area contributed by atoms with Crippen molar-refractivity contribution in [2.45, 2.75) is 20.0 Å². The van der Waals surface area contributed by atoms with Crippen LogP contribution in [0.2, 0.25) is 0 Å². The van der Waals surface area contributed by atoms with E-state index in [0.717, 1.165) is 57.8 Å². The average Bonchev–Trinajstić information content (AvgIpc) is 3.63. The van der Waals surface area contributed by atoms with E-state index in [1.807, 2.05) is 71.5 Å². The molecule has 210 valence electrons. The smallest absolute Gasteiger partial charge is 0.323 e. The van der Waals surface area contributed by atoms with Crippen LogP contribution in [0.15, 0.2) is 103 Å². The van der Waals surface area contributed by atoms with Crippen molar-refractivity contribution in [3.05, 3.63) is 109 Å². The summed E-state index contributed by atoms with van der Waals surface area (Å²) in [6, 6.07) is 29.4. The topological polar surface area (TPSA) is 96.1 Å². The SMILES string of the molecule is CCn1cc(-c2ccnc3[nH]c(-c4cccc(CN(C)C)c4)cc23)c(-c2ccc(N(C(N)=O)c3ccccc3)cc2)n1. The van der Waals surface area contributed by atoms with Crippen LogP contribution in [-0.2, 0) is 13.1 Å². The van der Waals surface area contributed by atoms with Crippen molar-refractivity contribution in [2.24, 2.45) is 5.73 Å². The third kappa shape index (κ3) is 5.27. The number of benzene rings is 3. The number of urea groups is 1. The van der Waals surface area contributed by atoms with Crippen molar-refractivity contribution in [1.29, 1.82) is 0 Å². The molecule has 3 aromatic carbocycles. The van der Waals surface area contributed by atoms with Gasteiger partial charge in [-0.3, -0.25) is 9.58 Å². The van der Waals surface area contributed by atoms with E-state index in [0.29, 0.717) is 11.4 Å². The Morgan fingerprint density at radius 1 is 0.881 bits per heavy atom. The van der Waals surface area contributed by atoms with Crippen molar-refractivity contribution in [3.8, 4) is 33.6 Å². The van der Waals surface area contributed by atoms with E-state index in [1.54, 1.807) is 0 Å². The van der Waals surface area contributed by atoms with Gasteiger partial charge in [0.25, 0.3) is 0 Å². The number of pyridine rings is 1. The van der Waals surface area contributed by atoms with Crippen LogP contribution in [0.5, 0.6) is 0 Å². The third-order valence-electron chi connectivity index (χ3n) is 7.28. The molecule has 0 aliphatic rings. The fourth-order valence-electron chi connectivity index (χ4n) is 5.36. The van der Waals surface area contributed by atoms with Gasteiger partial charge >= 0.3 is 6.03 Å². The molecule has 8 nitrogen and oxygen atoms in total. The maximum atomic E-state index is 12.4.